The predicted octanol–water partition coefficient (Wildman–Crippen LogP) is 4.62. The summed E-state index contributed by atoms with van der Waals surface area (Å²) in [5, 5.41) is 10.8. The lowest BCUT2D eigenvalue weighted by Crippen LogP contribution is -2.21. The average Bonchev–Trinajstić information content (AvgIpc) is 3.39. The molecule has 0 bridgehead atoms. The zero-order valence-corrected chi connectivity index (χ0v) is 21.1. The molecule has 2 N–H and O–H groups in total. The Balaban J connectivity index is 1.58. The van der Waals surface area contributed by atoms with Crippen LogP contribution in [0.4, 0.5) is 5.69 Å². The predicted molar refractivity (Wildman–Crippen MR) is 136 cm³/mol. The van der Waals surface area contributed by atoms with Gasteiger partial charge in [0.05, 0.1) is 38.6 Å². The maximum Gasteiger partial charge on any atom is 0.339 e. The van der Waals surface area contributed by atoms with Gasteiger partial charge in [-0.15, -0.1) is 0 Å². The Hall–Kier alpha value is -3.73. The highest BCUT2D eigenvalue weighted by atomic mass is 35.5. The first-order valence-electron chi connectivity index (χ1n) is 10.8. The number of primary sulfonamides is 1. The number of sulfonamides is 1. The van der Waals surface area contributed by atoms with Crippen molar-refractivity contribution in [3.63, 3.8) is 0 Å². The number of hydrogen-bond donors (Lipinski definition) is 1. The Morgan fingerprint density at radius 2 is 1.83 bits per heavy atom. The van der Waals surface area contributed by atoms with Gasteiger partial charge < -0.3 is 9.15 Å². The number of anilines is 1. The monoisotopic (exact) mass is 527 g/mol. The van der Waals surface area contributed by atoms with Gasteiger partial charge in [0.15, 0.2) is 0 Å². The number of furan rings is 1. The maximum absolute atomic E-state index is 13.0. The molecule has 0 spiro atoms. The molecule has 2 aromatic carbocycles. The molecule has 1 aliphatic heterocycles. The summed E-state index contributed by atoms with van der Waals surface area (Å²) in [5.74, 6) is -0.0755. The van der Waals surface area contributed by atoms with Crippen molar-refractivity contribution in [3.8, 4) is 11.3 Å². The Labute approximate surface area is 212 Å². The van der Waals surface area contributed by atoms with E-state index in [1.807, 2.05) is 0 Å². The largest absolute Gasteiger partial charge is 0.459 e. The highest BCUT2D eigenvalue weighted by Crippen LogP contribution is 2.30. The van der Waals surface area contributed by atoms with Crippen LogP contribution in [0.5, 0.6) is 0 Å². The molecule has 0 saturated heterocycles. The summed E-state index contributed by atoms with van der Waals surface area (Å²) in [6.45, 7) is 5.18. The van der Waals surface area contributed by atoms with Crippen LogP contribution < -0.4 is 10.1 Å². The second-order valence-corrected chi connectivity index (χ2v) is 10.2. The molecule has 11 heteroatoms. The molecule has 4 rings (SSSR count). The van der Waals surface area contributed by atoms with Crippen molar-refractivity contribution in [3.05, 3.63) is 76.5 Å². The zero-order valence-electron chi connectivity index (χ0n) is 19.6. The third-order valence-corrected chi connectivity index (χ3v) is 6.46. The number of esters is 1. The van der Waals surface area contributed by atoms with Gasteiger partial charge in [0.1, 0.15) is 11.5 Å². The molecule has 0 fully saturated rings. The Morgan fingerprint density at radius 3 is 2.47 bits per heavy atom. The summed E-state index contributed by atoms with van der Waals surface area (Å²) in [6, 6.07) is 13.8. The third kappa shape index (κ3) is 5.25. The van der Waals surface area contributed by atoms with Crippen LogP contribution in [-0.4, -0.2) is 32.1 Å². The standard InChI is InChI=1S/C25H22ClN3O6S/c1-14(2)34-25(31)21-12-16(4-10-22(21)26)23-11-7-18(35-23)13-20-15(3)28-29(24(20)30)17-5-8-19(9-6-17)36(27,32)33/h4-14H,1-3H3,(H2,27,32,33)/b20-13+. The molecular weight excluding hydrogens is 506 g/mol. The van der Waals surface area contributed by atoms with Crippen LogP contribution in [0.2, 0.25) is 5.02 Å². The van der Waals surface area contributed by atoms with E-state index in [4.69, 9.17) is 25.9 Å². The highest BCUT2D eigenvalue weighted by Gasteiger charge is 2.29. The van der Waals surface area contributed by atoms with Crippen molar-refractivity contribution in [1.29, 1.82) is 0 Å². The van der Waals surface area contributed by atoms with Crippen LogP contribution in [-0.2, 0) is 19.6 Å². The fraction of sp³-hybridized carbons (Fsp3) is 0.160. The summed E-state index contributed by atoms with van der Waals surface area (Å²) in [5.41, 5.74) is 1.98. The lowest BCUT2D eigenvalue weighted by molar-refractivity contribution is -0.114. The second kappa shape index (κ2) is 9.73. The van der Waals surface area contributed by atoms with E-state index in [1.54, 1.807) is 57.2 Å². The molecule has 1 aromatic heterocycles. The van der Waals surface area contributed by atoms with Gasteiger partial charge >= 0.3 is 5.97 Å². The normalized spacial score (nSPS) is 15.1. The van der Waals surface area contributed by atoms with Crippen molar-refractivity contribution < 1.29 is 27.2 Å². The molecule has 2 heterocycles. The van der Waals surface area contributed by atoms with E-state index >= 15 is 0 Å². The number of benzene rings is 2. The number of carbonyl (C=O) groups excluding carboxylic acids is 2. The van der Waals surface area contributed by atoms with Crippen LogP contribution >= 0.6 is 11.6 Å². The van der Waals surface area contributed by atoms with E-state index in [9.17, 15) is 18.0 Å². The van der Waals surface area contributed by atoms with E-state index in [2.05, 4.69) is 5.10 Å². The number of halogens is 1. The molecule has 36 heavy (non-hydrogen) atoms. The SMILES string of the molecule is CC1=NN(c2ccc(S(N)(=O)=O)cc2)C(=O)/C1=C/c1ccc(-c2ccc(Cl)c(C(=O)OC(C)C)c2)o1. The van der Waals surface area contributed by atoms with Gasteiger partial charge in [-0.1, -0.05) is 11.6 Å². The van der Waals surface area contributed by atoms with Crippen molar-refractivity contribution in [2.45, 2.75) is 31.8 Å². The molecule has 0 unspecified atom stereocenters. The zero-order chi connectivity index (χ0) is 26.2. The minimum absolute atomic E-state index is 0.0692. The smallest absolute Gasteiger partial charge is 0.339 e. The lowest BCUT2D eigenvalue weighted by Gasteiger charge is -2.12. The highest BCUT2D eigenvalue weighted by molar-refractivity contribution is 7.89. The number of hydrogen-bond acceptors (Lipinski definition) is 7. The van der Waals surface area contributed by atoms with Gasteiger partial charge in [-0.2, -0.15) is 10.1 Å². The summed E-state index contributed by atoms with van der Waals surface area (Å²) in [7, 11) is -3.85. The van der Waals surface area contributed by atoms with Gasteiger partial charge in [0.25, 0.3) is 5.91 Å². The first-order valence-corrected chi connectivity index (χ1v) is 12.7. The number of rotatable bonds is 6. The quantitative estimate of drug-likeness (QED) is 0.367. The van der Waals surface area contributed by atoms with Gasteiger partial charge in [0.2, 0.25) is 10.0 Å². The van der Waals surface area contributed by atoms with Crippen LogP contribution in [0, 0.1) is 0 Å². The van der Waals surface area contributed by atoms with E-state index in [0.717, 1.165) is 0 Å². The van der Waals surface area contributed by atoms with Crippen LogP contribution in [0.25, 0.3) is 17.4 Å². The number of carbonyl (C=O) groups is 2. The summed E-state index contributed by atoms with van der Waals surface area (Å²) >= 11 is 6.18. The van der Waals surface area contributed by atoms with Crippen LogP contribution in [0.3, 0.4) is 0 Å². The first kappa shape index (κ1) is 25.4. The molecule has 0 radical (unpaired) electrons. The van der Waals surface area contributed by atoms with Gasteiger partial charge in [-0.3, -0.25) is 4.79 Å². The maximum atomic E-state index is 13.0. The number of hydrazone groups is 1. The summed E-state index contributed by atoms with van der Waals surface area (Å²) in [6.07, 6.45) is 1.27. The molecule has 0 saturated carbocycles. The van der Waals surface area contributed by atoms with Crippen molar-refractivity contribution in [2.75, 3.05) is 5.01 Å². The molecule has 9 nitrogen and oxygen atoms in total. The number of amides is 1. The first-order chi connectivity index (χ1) is 16.9. The van der Waals surface area contributed by atoms with Crippen molar-refractivity contribution in [2.24, 2.45) is 10.2 Å². The van der Waals surface area contributed by atoms with Crippen molar-refractivity contribution >= 4 is 51.0 Å². The molecule has 186 valence electrons. The fourth-order valence-electron chi connectivity index (χ4n) is 3.48. The molecule has 1 aliphatic rings. The van der Waals surface area contributed by atoms with E-state index < -0.39 is 21.9 Å². The summed E-state index contributed by atoms with van der Waals surface area (Å²) < 4.78 is 34.1. The van der Waals surface area contributed by atoms with Gasteiger partial charge in [-0.05, 0) is 81.4 Å². The van der Waals surface area contributed by atoms with Crippen molar-refractivity contribution in [1.82, 2.24) is 0 Å². The number of nitrogens with two attached hydrogens (primary N) is 1. The molecule has 3 aromatic rings. The molecule has 0 atom stereocenters. The van der Waals surface area contributed by atoms with E-state index in [1.165, 1.54) is 29.3 Å². The molecule has 0 aliphatic carbocycles. The Bertz CT molecular complexity index is 1520. The number of ether oxygens (including phenoxy) is 1. The lowest BCUT2D eigenvalue weighted by atomic mass is 10.1. The third-order valence-electron chi connectivity index (χ3n) is 5.20. The minimum atomic E-state index is -3.85. The van der Waals surface area contributed by atoms with E-state index in [0.29, 0.717) is 34.1 Å². The number of nitrogens with zero attached hydrogens (tertiary/aromatic N) is 2. The van der Waals surface area contributed by atoms with Gasteiger partial charge in [0, 0.05) is 5.56 Å². The minimum Gasteiger partial charge on any atom is -0.459 e. The van der Waals surface area contributed by atoms with E-state index in [-0.39, 0.29) is 21.6 Å². The van der Waals surface area contributed by atoms with Crippen LogP contribution in [0.15, 0.2) is 74.6 Å². The fourth-order valence-corrected chi connectivity index (χ4v) is 4.19. The van der Waals surface area contributed by atoms with Gasteiger partial charge in [-0.25, -0.2) is 18.4 Å². The topological polar surface area (TPSA) is 132 Å². The molecular formula is C25H22ClN3O6S. The molecule has 1 amide bonds. The Kier molecular flexibility index (Phi) is 6.85. The summed E-state index contributed by atoms with van der Waals surface area (Å²) in [4.78, 5) is 25.3. The Morgan fingerprint density at radius 1 is 1.14 bits per heavy atom. The van der Waals surface area contributed by atoms with Crippen LogP contribution in [0.1, 0.15) is 36.9 Å². The second-order valence-electron chi connectivity index (χ2n) is 8.25. The average molecular weight is 528 g/mol.